The summed E-state index contributed by atoms with van der Waals surface area (Å²) >= 11 is 0. The van der Waals surface area contributed by atoms with Gasteiger partial charge < -0.3 is 10.3 Å². The van der Waals surface area contributed by atoms with Crippen LogP contribution in [0.15, 0.2) is 194 Å². The van der Waals surface area contributed by atoms with Crippen LogP contribution >= 0.6 is 0 Å². The highest BCUT2D eigenvalue weighted by atomic mass is 15.1. The van der Waals surface area contributed by atoms with Gasteiger partial charge in [0, 0.05) is 49.8 Å². The molecule has 0 radical (unpaired) electrons. The van der Waals surface area contributed by atoms with E-state index >= 15 is 0 Å². The molecule has 0 aromatic heterocycles. The Hall–Kier alpha value is -6.25. The Labute approximate surface area is 473 Å². The number of rotatable bonds is 26. The Morgan fingerprint density at radius 1 is 0.551 bits per heavy atom. The maximum atomic E-state index is 8.26. The van der Waals surface area contributed by atoms with Crippen molar-refractivity contribution in [1.29, 1.82) is 5.41 Å². The molecular formula is C76H94N2. The Bertz CT molecular complexity index is 3060. The lowest BCUT2D eigenvalue weighted by Gasteiger charge is -2.48. The third-order valence-electron chi connectivity index (χ3n) is 20.0. The van der Waals surface area contributed by atoms with Crippen molar-refractivity contribution in [2.45, 2.75) is 188 Å². The van der Waals surface area contributed by atoms with E-state index in [1.165, 1.54) is 99.9 Å². The van der Waals surface area contributed by atoms with Crippen LogP contribution in [0.2, 0.25) is 0 Å². The van der Waals surface area contributed by atoms with Gasteiger partial charge in [-0.2, -0.15) is 0 Å². The number of allylic oxidation sites excluding steroid dienone is 8. The summed E-state index contributed by atoms with van der Waals surface area (Å²) in [5.41, 5.74) is 18.1. The summed E-state index contributed by atoms with van der Waals surface area (Å²) in [6.45, 7) is 26.3. The normalized spacial score (nSPS) is 19.1. The number of nitrogens with zero attached hydrogens (tertiary/aromatic N) is 1. The predicted octanol–water partition coefficient (Wildman–Crippen LogP) is 22.1. The van der Waals surface area contributed by atoms with Crippen LogP contribution in [0.4, 0.5) is 17.1 Å². The average molecular weight is 1040 g/mol. The molecule has 0 saturated heterocycles. The number of benzene rings is 6. The van der Waals surface area contributed by atoms with Gasteiger partial charge in [0.15, 0.2) is 0 Å². The number of hydrogen-bond acceptors (Lipinski definition) is 2. The second-order valence-corrected chi connectivity index (χ2v) is 24.3. The minimum atomic E-state index is -0.194. The standard InChI is InChI=1S/C76H94N2/c1-12-17-25-34-64(77)35-28-21-19-18-20-22-31-54-74(9)70-55-62(72(7,13-2)58-32-26-23-27-33-58)46-52-68(70)69-53-47-63(56-71(69)74)73(8,14-3)59-42-48-66(49-43-59)78(65-36-29-24-30-37-65)67-50-44-61(45-51-67)76(11,16-5)75(10,15-4)60-40-38-57(6)39-41-60/h12,17,23-27,29-30,32-34,36-38,40-53,55-57,77H,13-16,18-22,28,31,35,39,54H2,1-11H3/b17-12+,34-25-,77-64?. The lowest BCUT2D eigenvalue weighted by molar-refractivity contribution is 0.188. The third kappa shape index (κ3) is 11.6. The Balaban J connectivity index is 1.08. The molecule has 408 valence electrons. The van der Waals surface area contributed by atoms with Crippen molar-refractivity contribution in [3.63, 3.8) is 0 Å². The summed E-state index contributed by atoms with van der Waals surface area (Å²) in [7, 11) is 0. The SMILES string of the molecule is C/C=C/C=C\C(=N)CCCCCCCCCC1(C)c2cc(C(C)(CC)c3ccccc3)ccc2-c2ccc(C(C)(CC)c3ccc(N(c4ccccc4)c4ccc(C(C)(CC)C(C)(CC)C5=CCC(C)C=C5)cc4)cc3)cc21. The highest BCUT2D eigenvalue weighted by molar-refractivity contribution is 5.92. The number of nitrogens with one attached hydrogen (secondary N) is 1. The van der Waals surface area contributed by atoms with Crippen LogP contribution in [-0.4, -0.2) is 5.71 Å². The van der Waals surface area contributed by atoms with Crippen LogP contribution < -0.4 is 4.90 Å². The largest absolute Gasteiger partial charge is 0.311 e. The minimum Gasteiger partial charge on any atom is -0.311 e. The van der Waals surface area contributed by atoms with Crippen LogP contribution in [0.25, 0.3) is 11.1 Å². The van der Waals surface area contributed by atoms with Crippen molar-refractivity contribution < 1.29 is 0 Å². The van der Waals surface area contributed by atoms with Crippen LogP contribution in [0.5, 0.6) is 0 Å². The van der Waals surface area contributed by atoms with E-state index in [1.807, 2.05) is 31.2 Å². The molecule has 6 aromatic rings. The van der Waals surface area contributed by atoms with Gasteiger partial charge in [-0.3, -0.25) is 0 Å². The van der Waals surface area contributed by atoms with E-state index in [0.717, 1.165) is 68.5 Å². The number of hydrogen-bond donors (Lipinski definition) is 1. The van der Waals surface area contributed by atoms with Gasteiger partial charge in [0.1, 0.15) is 0 Å². The fourth-order valence-corrected chi connectivity index (χ4v) is 13.5. The maximum absolute atomic E-state index is 8.26. The van der Waals surface area contributed by atoms with Crippen LogP contribution in [0.3, 0.4) is 0 Å². The number of unbranched alkanes of at least 4 members (excludes halogenated alkanes) is 6. The quantitative estimate of drug-likeness (QED) is 0.0327. The predicted molar refractivity (Wildman–Crippen MR) is 340 cm³/mol. The zero-order valence-electron chi connectivity index (χ0n) is 49.8. The second kappa shape index (κ2) is 25.3. The fourth-order valence-electron chi connectivity index (χ4n) is 13.5. The number of fused-ring (bicyclic) bond motifs is 3. The van der Waals surface area contributed by atoms with Crippen LogP contribution in [0.1, 0.15) is 205 Å². The van der Waals surface area contributed by atoms with E-state index in [1.54, 1.807) is 0 Å². The van der Waals surface area contributed by atoms with E-state index in [2.05, 4.69) is 238 Å². The first-order chi connectivity index (χ1) is 37.6. The monoisotopic (exact) mass is 1030 g/mol. The Morgan fingerprint density at radius 2 is 1.03 bits per heavy atom. The molecule has 6 aromatic carbocycles. The highest BCUT2D eigenvalue weighted by Gasteiger charge is 2.46. The fraction of sp³-hybridized carbons (Fsp3) is 0.408. The summed E-state index contributed by atoms with van der Waals surface area (Å²) in [5, 5.41) is 8.26. The summed E-state index contributed by atoms with van der Waals surface area (Å²) < 4.78 is 0. The molecule has 0 spiro atoms. The van der Waals surface area contributed by atoms with Crippen molar-refractivity contribution in [3.05, 3.63) is 233 Å². The zero-order valence-corrected chi connectivity index (χ0v) is 49.8. The first-order valence-corrected chi connectivity index (χ1v) is 30.3. The summed E-state index contributed by atoms with van der Waals surface area (Å²) in [6, 6.07) is 56.2. The molecule has 6 atom stereocenters. The second-order valence-electron chi connectivity index (χ2n) is 24.3. The number of para-hydroxylation sites is 1. The molecule has 0 aliphatic heterocycles. The molecule has 0 bridgehead atoms. The van der Waals surface area contributed by atoms with E-state index in [0.29, 0.717) is 5.92 Å². The first-order valence-electron chi connectivity index (χ1n) is 30.3. The lowest BCUT2D eigenvalue weighted by Crippen LogP contribution is -2.42. The number of anilines is 3. The molecule has 0 amide bonds. The molecule has 0 heterocycles. The van der Waals surface area contributed by atoms with Crippen molar-refractivity contribution >= 4 is 22.8 Å². The molecule has 2 heteroatoms. The van der Waals surface area contributed by atoms with Crippen LogP contribution in [0, 0.1) is 16.7 Å². The molecule has 2 nitrogen and oxygen atoms in total. The van der Waals surface area contributed by atoms with E-state index in [-0.39, 0.29) is 27.1 Å². The molecule has 8 rings (SSSR count). The van der Waals surface area contributed by atoms with E-state index in [4.69, 9.17) is 5.41 Å². The van der Waals surface area contributed by atoms with Crippen molar-refractivity contribution in [2.75, 3.05) is 4.90 Å². The van der Waals surface area contributed by atoms with Crippen molar-refractivity contribution in [3.8, 4) is 11.1 Å². The van der Waals surface area contributed by atoms with Gasteiger partial charge in [-0.15, -0.1) is 0 Å². The minimum absolute atomic E-state index is 0.0169. The molecule has 0 saturated carbocycles. The van der Waals surface area contributed by atoms with E-state index in [9.17, 15) is 0 Å². The highest BCUT2D eigenvalue weighted by Crippen LogP contribution is 2.56. The Morgan fingerprint density at radius 3 is 1.53 bits per heavy atom. The van der Waals surface area contributed by atoms with Gasteiger partial charge in [-0.1, -0.05) is 253 Å². The first kappa shape index (κ1) is 57.9. The lowest BCUT2D eigenvalue weighted by atomic mass is 9.55. The summed E-state index contributed by atoms with van der Waals surface area (Å²) in [6.07, 6.45) is 31.1. The summed E-state index contributed by atoms with van der Waals surface area (Å²) in [5.74, 6) is 0.601. The molecular weight excluding hydrogens is 941 g/mol. The zero-order chi connectivity index (χ0) is 55.6. The Kier molecular flexibility index (Phi) is 18.7. The topological polar surface area (TPSA) is 27.1 Å². The van der Waals surface area contributed by atoms with Gasteiger partial charge >= 0.3 is 0 Å². The van der Waals surface area contributed by atoms with Gasteiger partial charge in [0.05, 0.1) is 0 Å². The molecule has 1 N–H and O–H groups in total. The summed E-state index contributed by atoms with van der Waals surface area (Å²) in [4.78, 5) is 2.43. The van der Waals surface area contributed by atoms with Crippen molar-refractivity contribution in [2.24, 2.45) is 11.3 Å². The molecule has 2 aliphatic carbocycles. The third-order valence-corrected chi connectivity index (χ3v) is 20.0. The smallest absolute Gasteiger partial charge is 0.0461 e. The average Bonchev–Trinajstić information content (AvgIpc) is 4.00. The molecule has 78 heavy (non-hydrogen) atoms. The van der Waals surface area contributed by atoms with Gasteiger partial charge in [-0.05, 0) is 162 Å². The maximum Gasteiger partial charge on any atom is 0.0461 e. The van der Waals surface area contributed by atoms with Gasteiger partial charge in [0.25, 0.3) is 0 Å². The van der Waals surface area contributed by atoms with Crippen LogP contribution in [-0.2, 0) is 21.7 Å². The molecule has 0 fully saturated rings. The van der Waals surface area contributed by atoms with Crippen molar-refractivity contribution in [1.82, 2.24) is 0 Å². The molecule has 6 unspecified atom stereocenters. The molecule has 2 aliphatic rings. The van der Waals surface area contributed by atoms with Gasteiger partial charge in [-0.25, -0.2) is 0 Å². The van der Waals surface area contributed by atoms with E-state index < -0.39 is 0 Å². The van der Waals surface area contributed by atoms with Gasteiger partial charge in [0.2, 0.25) is 0 Å².